The van der Waals surface area contributed by atoms with Crippen LogP contribution in [-0.2, 0) is 37.0 Å². The van der Waals surface area contributed by atoms with E-state index >= 15 is 0 Å². The van der Waals surface area contributed by atoms with Gasteiger partial charge in [0.2, 0.25) is 0 Å². The number of esters is 1. The number of benzene rings is 2. The van der Waals surface area contributed by atoms with Crippen molar-refractivity contribution in [2.45, 2.75) is 38.4 Å². The lowest BCUT2D eigenvalue weighted by Gasteiger charge is -2.20. The molecule has 1 fully saturated rings. The van der Waals surface area contributed by atoms with Gasteiger partial charge in [0.25, 0.3) is 0 Å². The Hall–Kier alpha value is -2.72. The van der Waals surface area contributed by atoms with Crippen LogP contribution in [0.3, 0.4) is 0 Å². The van der Waals surface area contributed by atoms with Crippen molar-refractivity contribution in [3.63, 3.8) is 0 Å². The second kappa shape index (κ2) is 11.9. The molecule has 148 valence electrons. The van der Waals surface area contributed by atoms with Crippen molar-refractivity contribution in [3.8, 4) is 6.07 Å². The van der Waals surface area contributed by atoms with E-state index in [4.69, 9.17) is 15.6 Å². The van der Waals surface area contributed by atoms with E-state index in [1.807, 2.05) is 60.7 Å². The number of nitriles is 1. The molecule has 6 heteroatoms. The Morgan fingerprint density at radius 3 is 2.07 bits per heavy atom. The predicted octanol–water partition coefficient (Wildman–Crippen LogP) is 3.26. The molecule has 4 atom stereocenters. The molecular formula is C22H25NO5. The first-order valence-electron chi connectivity index (χ1n) is 9.45. The average Bonchev–Trinajstić information content (AvgIpc) is 3.07. The summed E-state index contributed by atoms with van der Waals surface area (Å²) in [5, 5.41) is 9.26. The number of rotatable bonds is 6. The number of nitrogens with zero attached hydrogens (tertiary/aromatic N) is 1. The minimum Gasteiger partial charge on any atom is -0.469 e. The van der Waals surface area contributed by atoms with Gasteiger partial charge in [-0.1, -0.05) is 60.7 Å². The molecule has 1 aliphatic rings. The van der Waals surface area contributed by atoms with Crippen LogP contribution in [-0.4, -0.2) is 38.0 Å². The fraction of sp³-hybridized carbons (Fsp3) is 0.364. The molecule has 0 radical (unpaired) electrons. The maximum absolute atomic E-state index is 9.59. The van der Waals surface area contributed by atoms with Crippen LogP contribution >= 0.6 is 0 Å². The Bertz CT molecular complexity index is 781. The summed E-state index contributed by atoms with van der Waals surface area (Å²) >= 11 is 0. The fourth-order valence-electron chi connectivity index (χ4n) is 2.44. The minimum absolute atomic E-state index is 0.245. The minimum atomic E-state index is -0.931. The molecule has 6 nitrogen and oxygen atoms in total. The van der Waals surface area contributed by atoms with E-state index in [0.717, 1.165) is 11.1 Å². The molecule has 1 heterocycles. The Labute approximate surface area is 167 Å². The van der Waals surface area contributed by atoms with Crippen LogP contribution in [0.4, 0.5) is 0 Å². The van der Waals surface area contributed by atoms with E-state index in [2.05, 4.69) is 10.8 Å². The van der Waals surface area contributed by atoms with Gasteiger partial charge in [-0.2, -0.15) is 5.26 Å². The van der Waals surface area contributed by atoms with Crippen molar-refractivity contribution in [2.24, 2.45) is 0 Å². The van der Waals surface area contributed by atoms with E-state index in [1.54, 1.807) is 0 Å². The topological polar surface area (TPSA) is 77.8 Å². The van der Waals surface area contributed by atoms with E-state index < -0.39 is 24.9 Å². The van der Waals surface area contributed by atoms with Gasteiger partial charge in [-0.15, -0.1) is 0 Å². The van der Waals surface area contributed by atoms with Crippen LogP contribution in [0.2, 0.25) is 0 Å². The maximum atomic E-state index is 9.59. The van der Waals surface area contributed by atoms with E-state index in [0.29, 0.717) is 13.2 Å². The SMILES string of the molecule is COC(C)=O.[2H]C1OC(C#N)C(OCc2ccccc2)C1OCc1ccccc1. The number of ether oxygens (including phenoxy) is 4. The summed E-state index contributed by atoms with van der Waals surface area (Å²) in [6.07, 6.45) is -1.98. The third-order valence-corrected chi connectivity index (χ3v) is 3.97. The quantitative estimate of drug-likeness (QED) is 0.712. The third-order valence-electron chi connectivity index (χ3n) is 3.97. The summed E-state index contributed by atoms with van der Waals surface area (Å²) in [4.78, 5) is 9.59. The molecule has 0 aromatic heterocycles. The summed E-state index contributed by atoms with van der Waals surface area (Å²) in [5.74, 6) is -0.245. The molecule has 2 aromatic rings. The number of hydrogen-bond acceptors (Lipinski definition) is 6. The zero-order valence-electron chi connectivity index (χ0n) is 17.0. The van der Waals surface area contributed by atoms with Gasteiger partial charge in [-0.3, -0.25) is 4.79 Å². The molecule has 4 unspecified atom stereocenters. The van der Waals surface area contributed by atoms with Gasteiger partial charge < -0.3 is 18.9 Å². The van der Waals surface area contributed by atoms with Crippen LogP contribution in [0.1, 0.15) is 19.4 Å². The number of hydrogen-bond donors (Lipinski definition) is 0. The second-order valence-electron chi connectivity index (χ2n) is 6.04. The van der Waals surface area contributed by atoms with Crippen molar-refractivity contribution in [1.29, 1.82) is 5.26 Å². The Kier molecular flexibility index (Phi) is 8.50. The van der Waals surface area contributed by atoms with Crippen molar-refractivity contribution in [2.75, 3.05) is 13.7 Å². The molecule has 0 spiro atoms. The highest BCUT2D eigenvalue weighted by molar-refractivity contribution is 5.65. The van der Waals surface area contributed by atoms with Gasteiger partial charge >= 0.3 is 5.97 Å². The van der Waals surface area contributed by atoms with E-state index in [9.17, 15) is 10.1 Å². The average molecular weight is 384 g/mol. The van der Waals surface area contributed by atoms with E-state index in [1.165, 1.54) is 14.0 Å². The Balaban J connectivity index is 0.000000537. The molecule has 0 saturated carbocycles. The summed E-state index contributed by atoms with van der Waals surface area (Å²) in [6.45, 7) is 1.14. The number of carbonyl (C=O) groups is 1. The molecule has 0 N–H and O–H groups in total. The largest absolute Gasteiger partial charge is 0.469 e. The molecule has 0 aliphatic carbocycles. The van der Waals surface area contributed by atoms with Crippen LogP contribution < -0.4 is 0 Å². The molecular weight excluding hydrogens is 358 g/mol. The molecule has 0 amide bonds. The lowest BCUT2D eigenvalue weighted by molar-refractivity contribution is -0.137. The van der Waals surface area contributed by atoms with Gasteiger partial charge in [0.05, 0.1) is 34.3 Å². The predicted molar refractivity (Wildman–Crippen MR) is 103 cm³/mol. The zero-order valence-corrected chi connectivity index (χ0v) is 16.0. The van der Waals surface area contributed by atoms with Crippen molar-refractivity contribution >= 4 is 5.97 Å². The van der Waals surface area contributed by atoms with Gasteiger partial charge in [0.1, 0.15) is 12.2 Å². The Morgan fingerprint density at radius 1 is 1.11 bits per heavy atom. The van der Waals surface area contributed by atoms with Crippen LogP contribution in [0, 0.1) is 11.3 Å². The smallest absolute Gasteiger partial charge is 0.302 e. The number of carbonyl (C=O) groups excluding carboxylic acids is 1. The highest BCUT2D eigenvalue weighted by atomic mass is 16.6. The first-order chi connectivity index (χ1) is 14.0. The molecule has 0 bridgehead atoms. The zero-order chi connectivity index (χ0) is 21.1. The molecule has 1 saturated heterocycles. The highest BCUT2D eigenvalue weighted by Gasteiger charge is 2.39. The standard InChI is InChI=1S/C19H19NO3.C3H6O2/c20-11-17-19(23-13-16-9-5-2-6-10-16)18(14-22-17)21-12-15-7-3-1-4-8-15;1-3(4)5-2/h1-10,17-19H,12-14H2;1-2H3/i14D;. The maximum Gasteiger partial charge on any atom is 0.302 e. The van der Waals surface area contributed by atoms with Gasteiger partial charge in [0, 0.05) is 6.92 Å². The summed E-state index contributed by atoms with van der Waals surface area (Å²) in [6, 6.07) is 21.5. The summed E-state index contributed by atoms with van der Waals surface area (Å²) in [7, 11) is 1.35. The lowest BCUT2D eigenvalue weighted by Crippen LogP contribution is -2.34. The molecule has 2 aromatic carbocycles. The van der Waals surface area contributed by atoms with Crippen molar-refractivity contribution in [3.05, 3.63) is 71.8 Å². The van der Waals surface area contributed by atoms with Crippen LogP contribution in [0.25, 0.3) is 0 Å². The van der Waals surface area contributed by atoms with E-state index in [-0.39, 0.29) is 5.97 Å². The van der Waals surface area contributed by atoms with Gasteiger partial charge in [0.15, 0.2) is 6.10 Å². The summed E-state index contributed by atoms with van der Waals surface area (Å²) < 4.78 is 29.2. The normalized spacial score (nSPS) is 23.7. The highest BCUT2D eigenvalue weighted by Crippen LogP contribution is 2.22. The second-order valence-corrected chi connectivity index (χ2v) is 6.04. The first-order valence-corrected chi connectivity index (χ1v) is 8.88. The monoisotopic (exact) mass is 384 g/mol. The first kappa shape index (κ1) is 20.0. The number of methoxy groups -OCH3 is 1. The van der Waals surface area contributed by atoms with Crippen molar-refractivity contribution in [1.82, 2.24) is 0 Å². The van der Waals surface area contributed by atoms with Crippen LogP contribution in [0.5, 0.6) is 0 Å². The lowest BCUT2D eigenvalue weighted by atomic mass is 10.1. The molecule has 3 rings (SSSR count). The Morgan fingerprint density at radius 2 is 1.61 bits per heavy atom. The van der Waals surface area contributed by atoms with Gasteiger partial charge in [-0.05, 0) is 11.1 Å². The molecule has 1 aliphatic heterocycles. The van der Waals surface area contributed by atoms with Crippen LogP contribution in [0.15, 0.2) is 60.7 Å². The summed E-state index contributed by atoms with van der Waals surface area (Å²) in [5.41, 5.74) is 2.01. The molecule has 28 heavy (non-hydrogen) atoms. The third kappa shape index (κ3) is 7.12. The van der Waals surface area contributed by atoms with Crippen molar-refractivity contribution < 1.29 is 25.1 Å². The fourth-order valence-corrected chi connectivity index (χ4v) is 2.44. The van der Waals surface area contributed by atoms with Gasteiger partial charge in [-0.25, -0.2) is 0 Å².